The Kier molecular flexibility index (Phi) is 5.54. The van der Waals surface area contributed by atoms with E-state index in [0.717, 1.165) is 17.7 Å². The molecule has 12 heteroatoms. The number of anilines is 1. The van der Waals surface area contributed by atoms with Crippen LogP contribution in [0.2, 0.25) is 0 Å². The number of nitrogens with one attached hydrogen (secondary N) is 1. The number of amides is 1. The minimum Gasteiger partial charge on any atom is -0.454 e. The summed E-state index contributed by atoms with van der Waals surface area (Å²) in [5, 5.41) is 10.6. The summed E-state index contributed by atoms with van der Waals surface area (Å²) in [5.74, 6) is 1.05. The van der Waals surface area contributed by atoms with Crippen molar-refractivity contribution < 1.29 is 27.5 Å². The molecular formula is C21H23N5O6S. The standard InChI is InChI=1S/C21H23N5O6S/c1-14-3-2-8-25(11-14)33(28,29)16-5-6-17-18(10-16)26(24-23-17)32-12-21(27)22-15-4-7-19-20(9-15)31-13-30-19/h4-7,9-10,14H,2-3,8,11-13H2,1H3,(H,22,27)/t14-/m0/s1. The van der Waals surface area contributed by atoms with Gasteiger partial charge in [-0.25, -0.2) is 8.42 Å². The second-order valence-electron chi connectivity index (χ2n) is 8.11. The van der Waals surface area contributed by atoms with Crippen LogP contribution < -0.4 is 19.6 Å². The zero-order valence-corrected chi connectivity index (χ0v) is 18.7. The molecule has 1 amide bonds. The van der Waals surface area contributed by atoms with Gasteiger partial charge in [-0.15, -0.1) is 5.10 Å². The highest BCUT2D eigenvalue weighted by atomic mass is 32.2. The minimum absolute atomic E-state index is 0.140. The molecule has 0 aliphatic carbocycles. The first-order valence-electron chi connectivity index (χ1n) is 10.6. The molecule has 0 bridgehead atoms. The molecule has 1 saturated heterocycles. The molecule has 2 aromatic carbocycles. The molecule has 2 aliphatic rings. The molecule has 11 nitrogen and oxygen atoms in total. The molecule has 0 unspecified atom stereocenters. The molecule has 0 saturated carbocycles. The van der Waals surface area contributed by atoms with E-state index in [1.807, 2.05) is 6.92 Å². The summed E-state index contributed by atoms with van der Waals surface area (Å²) < 4.78 is 38.3. The number of rotatable bonds is 6. The number of hydrogen-bond acceptors (Lipinski definition) is 8. The number of carbonyl (C=O) groups excluding carboxylic acids is 1. The number of hydrogen-bond donors (Lipinski definition) is 1. The molecular weight excluding hydrogens is 450 g/mol. The van der Waals surface area contributed by atoms with E-state index in [-0.39, 0.29) is 18.3 Å². The van der Waals surface area contributed by atoms with Crippen molar-refractivity contribution in [3.05, 3.63) is 36.4 Å². The van der Waals surface area contributed by atoms with E-state index in [4.69, 9.17) is 14.3 Å². The van der Waals surface area contributed by atoms with E-state index in [0.29, 0.717) is 47.2 Å². The summed E-state index contributed by atoms with van der Waals surface area (Å²) >= 11 is 0. The van der Waals surface area contributed by atoms with Crippen molar-refractivity contribution >= 4 is 32.7 Å². The molecule has 1 fully saturated rings. The lowest BCUT2D eigenvalue weighted by molar-refractivity contribution is -0.121. The van der Waals surface area contributed by atoms with Crippen LogP contribution in [-0.4, -0.2) is 60.3 Å². The zero-order chi connectivity index (χ0) is 23.0. The Balaban J connectivity index is 1.29. The number of aromatic nitrogens is 3. The Hall–Kier alpha value is -3.38. The number of sulfonamides is 1. The lowest BCUT2D eigenvalue weighted by atomic mass is 10.0. The van der Waals surface area contributed by atoms with Crippen LogP contribution in [0.15, 0.2) is 41.3 Å². The van der Waals surface area contributed by atoms with Gasteiger partial charge in [0.05, 0.1) is 4.90 Å². The summed E-state index contributed by atoms with van der Waals surface area (Å²) in [7, 11) is -3.65. The van der Waals surface area contributed by atoms with Gasteiger partial charge in [0, 0.05) is 24.8 Å². The summed E-state index contributed by atoms with van der Waals surface area (Å²) in [6.07, 6.45) is 1.85. The first-order valence-corrected chi connectivity index (χ1v) is 12.0. The quantitative estimate of drug-likeness (QED) is 0.573. The van der Waals surface area contributed by atoms with Crippen LogP contribution in [0.1, 0.15) is 19.8 Å². The average Bonchev–Trinajstić information content (AvgIpc) is 3.43. The smallest absolute Gasteiger partial charge is 0.265 e. The fourth-order valence-corrected chi connectivity index (χ4v) is 5.56. The van der Waals surface area contributed by atoms with Crippen LogP contribution in [0.25, 0.3) is 11.0 Å². The highest BCUT2D eigenvalue weighted by Crippen LogP contribution is 2.34. The Morgan fingerprint density at radius 2 is 2.06 bits per heavy atom. The van der Waals surface area contributed by atoms with Gasteiger partial charge >= 0.3 is 0 Å². The van der Waals surface area contributed by atoms with Crippen molar-refractivity contribution in [3.8, 4) is 11.5 Å². The van der Waals surface area contributed by atoms with Crippen molar-refractivity contribution in [2.45, 2.75) is 24.7 Å². The molecule has 1 aromatic heterocycles. The van der Waals surface area contributed by atoms with Crippen LogP contribution in [0.5, 0.6) is 11.5 Å². The monoisotopic (exact) mass is 473 g/mol. The lowest BCUT2D eigenvalue weighted by Gasteiger charge is -2.30. The number of benzene rings is 2. The zero-order valence-electron chi connectivity index (χ0n) is 17.9. The predicted octanol–water partition coefficient (Wildman–Crippen LogP) is 1.65. The third kappa shape index (κ3) is 4.31. The number of piperidine rings is 1. The fourth-order valence-electron chi connectivity index (χ4n) is 3.94. The first-order chi connectivity index (χ1) is 15.9. The van der Waals surface area contributed by atoms with E-state index >= 15 is 0 Å². The number of fused-ring (bicyclic) bond motifs is 2. The summed E-state index contributed by atoms with van der Waals surface area (Å²) in [4.78, 5) is 19.0. The Morgan fingerprint density at radius 1 is 1.21 bits per heavy atom. The second-order valence-corrected chi connectivity index (χ2v) is 10.1. The van der Waals surface area contributed by atoms with E-state index in [9.17, 15) is 13.2 Å². The maximum Gasteiger partial charge on any atom is 0.265 e. The Morgan fingerprint density at radius 3 is 2.91 bits per heavy atom. The molecule has 33 heavy (non-hydrogen) atoms. The molecule has 2 aliphatic heterocycles. The SMILES string of the molecule is C[C@H]1CCCN(S(=O)(=O)c2ccc3nnn(OCC(=O)Nc4ccc5c(c4)OCO5)c3c2)C1. The maximum atomic E-state index is 13.1. The van der Waals surface area contributed by atoms with E-state index in [1.54, 1.807) is 24.3 Å². The van der Waals surface area contributed by atoms with Gasteiger partial charge in [-0.2, -0.15) is 4.31 Å². The fraction of sp³-hybridized carbons (Fsp3) is 0.381. The normalized spacial score (nSPS) is 18.4. The highest BCUT2D eigenvalue weighted by Gasteiger charge is 2.29. The van der Waals surface area contributed by atoms with Crippen molar-refractivity contribution in [1.29, 1.82) is 0 Å². The van der Waals surface area contributed by atoms with Crippen molar-refractivity contribution in [2.24, 2.45) is 5.92 Å². The van der Waals surface area contributed by atoms with Crippen LogP contribution in [0, 0.1) is 5.92 Å². The molecule has 3 heterocycles. The van der Waals surface area contributed by atoms with E-state index in [1.165, 1.54) is 16.4 Å². The third-order valence-electron chi connectivity index (χ3n) is 5.62. The third-order valence-corrected chi connectivity index (χ3v) is 7.48. The predicted molar refractivity (Wildman–Crippen MR) is 117 cm³/mol. The van der Waals surface area contributed by atoms with Crippen molar-refractivity contribution in [1.82, 2.24) is 19.5 Å². The van der Waals surface area contributed by atoms with Crippen LogP contribution >= 0.6 is 0 Å². The van der Waals surface area contributed by atoms with Crippen LogP contribution in [0.4, 0.5) is 5.69 Å². The average molecular weight is 474 g/mol. The van der Waals surface area contributed by atoms with E-state index < -0.39 is 15.9 Å². The highest BCUT2D eigenvalue weighted by molar-refractivity contribution is 7.89. The van der Waals surface area contributed by atoms with Gasteiger partial charge in [0.15, 0.2) is 18.1 Å². The maximum absolute atomic E-state index is 13.1. The number of nitrogens with zero attached hydrogens (tertiary/aromatic N) is 4. The molecule has 3 aromatic rings. The summed E-state index contributed by atoms with van der Waals surface area (Å²) in [6, 6.07) is 9.62. The topological polar surface area (TPSA) is 125 Å². The van der Waals surface area contributed by atoms with Gasteiger partial charge in [-0.05, 0) is 54.3 Å². The van der Waals surface area contributed by atoms with Crippen molar-refractivity contribution in [2.75, 3.05) is 31.8 Å². The molecule has 1 N–H and O–H groups in total. The minimum atomic E-state index is -3.65. The van der Waals surface area contributed by atoms with Gasteiger partial charge in [0.2, 0.25) is 16.8 Å². The van der Waals surface area contributed by atoms with Crippen LogP contribution in [0.3, 0.4) is 0 Å². The molecule has 174 valence electrons. The van der Waals surface area contributed by atoms with Gasteiger partial charge < -0.3 is 19.6 Å². The van der Waals surface area contributed by atoms with Gasteiger partial charge in [-0.1, -0.05) is 11.8 Å². The number of carbonyl (C=O) groups is 1. The second kappa shape index (κ2) is 8.52. The Bertz CT molecular complexity index is 1310. The summed E-state index contributed by atoms with van der Waals surface area (Å²) in [5.41, 5.74) is 1.34. The summed E-state index contributed by atoms with van der Waals surface area (Å²) in [6.45, 7) is 2.83. The van der Waals surface area contributed by atoms with Gasteiger partial charge in [-0.3, -0.25) is 4.79 Å². The van der Waals surface area contributed by atoms with Crippen molar-refractivity contribution in [3.63, 3.8) is 0 Å². The van der Waals surface area contributed by atoms with Crippen LogP contribution in [-0.2, 0) is 14.8 Å². The van der Waals surface area contributed by atoms with E-state index in [2.05, 4.69) is 15.6 Å². The number of ether oxygens (including phenoxy) is 2. The van der Waals surface area contributed by atoms with Gasteiger partial charge in [0.1, 0.15) is 11.0 Å². The molecule has 1 atom stereocenters. The molecule has 0 spiro atoms. The van der Waals surface area contributed by atoms with Gasteiger partial charge in [0.25, 0.3) is 5.91 Å². The largest absolute Gasteiger partial charge is 0.454 e. The molecule has 5 rings (SSSR count). The Labute approximate surface area is 190 Å². The molecule has 0 radical (unpaired) electrons. The first kappa shape index (κ1) is 21.5. The lowest BCUT2D eigenvalue weighted by Crippen LogP contribution is -2.39.